The quantitative estimate of drug-likeness (QED) is 0.780. The molecular weight excluding hydrogens is 276 g/mol. The van der Waals surface area contributed by atoms with E-state index in [9.17, 15) is 9.90 Å². The van der Waals surface area contributed by atoms with Crippen molar-refractivity contribution in [2.75, 3.05) is 26.4 Å². The molecule has 2 rings (SSSR count). The maximum Gasteiger partial charge on any atom is 0.237 e. The zero-order valence-electron chi connectivity index (χ0n) is 11.1. The van der Waals surface area contributed by atoms with Gasteiger partial charge in [0.05, 0.1) is 30.9 Å². The van der Waals surface area contributed by atoms with Crippen LogP contribution in [0.1, 0.15) is 11.5 Å². The van der Waals surface area contributed by atoms with Crippen molar-refractivity contribution in [1.82, 2.24) is 4.90 Å². The summed E-state index contributed by atoms with van der Waals surface area (Å²) in [5.41, 5.74) is 6.52. The van der Waals surface area contributed by atoms with Crippen LogP contribution < -0.4 is 5.73 Å². The van der Waals surface area contributed by atoms with Crippen LogP contribution in [0.25, 0.3) is 0 Å². The van der Waals surface area contributed by atoms with Crippen LogP contribution >= 0.6 is 12.2 Å². The standard InChI is InChI=1S/C14H18N2O3S/c15-13(20)12(10-4-2-1-3-5-10)14(18)16-6-7-19-9-11(16)8-17/h1-5,11-12,17H,6-9H2,(H2,15,20). The molecule has 0 aliphatic carbocycles. The zero-order chi connectivity index (χ0) is 14.5. The van der Waals surface area contributed by atoms with Crippen LogP contribution in [0.5, 0.6) is 0 Å². The van der Waals surface area contributed by atoms with E-state index in [4.69, 9.17) is 22.7 Å². The Morgan fingerprint density at radius 1 is 1.50 bits per heavy atom. The van der Waals surface area contributed by atoms with Gasteiger partial charge < -0.3 is 20.5 Å². The predicted molar refractivity (Wildman–Crippen MR) is 79.4 cm³/mol. The number of carbonyl (C=O) groups is 1. The summed E-state index contributed by atoms with van der Waals surface area (Å²) in [6.07, 6.45) is 0. The van der Waals surface area contributed by atoms with Gasteiger partial charge in [0.15, 0.2) is 0 Å². The summed E-state index contributed by atoms with van der Waals surface area (Å²) in [5, 5.41) is 9.36. The van der Waals surface area contributed by atoms with Crippen molar-refractivity contribution in [3.8, 4) is 0 Å². The van der Waals surface area contributed by atoms with Gasteiger partial charge >= 0.3 is 0 Å². The van der Waals surface area contributed by atoms with Gasteiger partial charge in [-0.2, -0.15) is 0 Å². The first-order valence-corrected chi connectivity index (χ1v) is 6.89. The van der Waals surface area contributed by atoms with Gasteiger partial charge in [-0.1, -0.05) is 42.5 Å². The van der Waals surface area contributed by atoms with E-state index < -0.39 is 5.92 Å². The summed E-state index contributed by atoms with van der Waals surface area (Å²) < 4.78 is 5.28. The minimum atomic E-state index is -0.654. The average Bonchev–Trinajstić information content (AvgIpc) is 2.48. The lowest BCUT2D eigenvalue weighted by Gasteiger charge is -2.36. The van der Waals surface area contributed by atoms with Gasteiger partial charge in [0.1, 0.15) is 5.92 Å². The number of morpholine rings is 1. The fourth-order valence-corrected chi connectivity index (χ4v) is 2.57. The first-order valence-electron chi connectivity index (χ1n) is 6.48. The molecule has 108 valence electrons. The summed E-state index contributed by atoms with van der Waals surface area (Å²) in [6, 6.07) is 8.88. The van der Waals surface area contributed by atoms with E-state index in [1.165, 1.54) is 0 Å². The minimum Gasteiger partial charge on any atom is -0.394 e. The molecule has 5 nitrogen and oxygen atoms in total. The van der Waals surface area contributed by atoms with Crippen molar-refractivity contribution in [3.63, 3.8) is 0 Å². The van der Waals surface area contributed by atoms with Gasteiger partial charge in [0.2, 0.25) is 5.91 Å². The van der Waals surface area contributed by atoms with Crippen molar-refractivity contribution in [1.29, 1.82) is 0 Å². The van der Waals surface area contributed by atoms with Crippen LogP contribution in [-0.4, -0.2) is 53.3 Å². The number of hydrogen-bond donors (Lipinski definition) is 2. The molecule has 20 heavy (non-hydrogen) atoms. The summed E-state index contributed by atoms with van der Waals surface area (Å²) in [4.78, 5) is 14.5. The van der Waals surface area contributed by atoms with E-state index in [2.05, 4.69) is 0 Å². The maximum atomic E-state index is 12.7. The number of ether oxygens (including phenoxy) is 1. The number of aliphatic hydroxyl groups is 1. The average molecular weight is 294 g/mol. The highest BCUT2D eigenvalue weighted by atomic mass is 32.1. The van der Waals surface area contributed by atoms with Crippen LogP contribution in [-0.2, 0) is 9.53 Å². The molecule has 1 fully saturated rings. The molecule has 3 N–H and O–H groups in total. The summed E-state index contributed by atoms with van der Waals surface area (Å²) in [6.45, 7) is 1.10. The number of aliphatic hydroxyl groups excluding tert-OH is 1. The molecule has 1 aliphatic heterocycles. The molecule has 0 aromatic heterocycles. The highest BCUT2D eigenvalue weighted by Gasteiger charge is 2.33. The van der Waals surface area contributed by atoms with E-state index in [0.717, 1.165) is 5.56 Å². The van der Waals surface area contributed by atoms with Crippen LogP contribution in [0.3, 0.4) is 0 Å². The Bertz CT molecular complexity index is 481. The van der Waals surface area contributed by atoms with Gasteiger partial charge in [0.25, 0.3) is 0 Å². The predicted octanol–water partition coefficient (Wildman–Crippen LogP) is 0.276. The van der Waals surface area contributed by atoms with E-state index >= 15 is 0 Å². The third-order valence-electron chi connectivity index (χ3n) is 3.39. The van der Waals surface area contributed by atoms with Crippen LogP contribution in [0, 0.1) is 0 Å². The third-order valence-corrected chi connectivity index (χ3v) is 3.62. The highest BCUT2D eigenvalue weighted by molar-refractivity contribution is 7.80. The molecule has 1 amide bonds. The maximum absolute atomic E-state index is 12.7. The number of rotatable bonds is 4. The number of carbonyl (C=O) groups excluding carboxylic acids is 1. The molecule has 1 aromatic carbocycles. The molecule has 1 aliphatic rings. The fourth-order valence-electron chi connectivity index (χ4n) is 2.34. The number of hydrogen-bond acceptors (Lipinski definition) is 4. The molecule has 0 spiro atoms. The highest BCUT2D eigenvalue weighted by Crippen LogP contribution is 2.21. The number of benzene rings is 1. The van der Waals surface area contributed by atoms with Gasteiger partial charge in [0, 0.05) is 6.54 Å². The molecular formula is C14H18N2O3S. The first-order chi connectivity index (χ1) is 9.65. The fraction of sp³-hybridized carbons (Fsp3) is 0.429. The first kappa shape index (κ1) is 14.9. The Labute approximate surface area is 123 Å². The Morgan fingerprint density at radius 3 is 2.80 bits per heavy atom. The van der Waals surface area contributed by atoms with Crippen molar-refractivity contribution in [2.24, 2.45) is 5.73 Å². The van der Waals surface area contributed by atoms with E-state index in [1.807, 2.05) is 30.3 Å². The zero-order valence-corrected chi connectivity index (χ0v) is 11.9. The van der Waals surface area contributed by atoms with Crippen molar-refractivity contribution >= 4 is 23.1 Å². The lowest BCUT2D eigenvalue weighted by molar-refractivity contribution is -0.141. The summed E-state index contributed by atoms with van der Waals surface area (Å²) >= 11 is 5.06. The second-order valence-electron chi connectivity index (χ2n) is 4.69. The Kier molecular flexibility index (Phi) is 5.05. The van der Waals surface area contributed by atoms with Gasteiger partial charge in [-0.15, -0.1) is 0 Å². The Morgan fingerprint density at radius 2 is 2.20 bits per heavy atom. The Balaban J connectivity index is 2.25. The number of nitrogens with zero attached hydrogens (tertiary/aromatic N) is 1. The lowest BCUT2D eigenvalue weighted by Crippen LogP contribution is -2.53. The van der Waals surface area contributed by atoms with Crippen LogP contribution in [0.15, 0.2) is 30.3 Å². The third kappa shape index (κ3) is 3.15. The molecule has 0 radical (unpaired) electrons. The topological polar surface area (TPSA) is 75.8 Å². The second kappa shape index (κ2) is 6.78. The summed E-state index contributed by atoms with van der Waals surface area (Å²) in [7, 11) is 0. The van der Waals surface area contributed by atoms with Gasteiger partial charge in [-0.05, 0) is 5.56 Å². The molecule has 2 unspecified atom stereocenters. The van der Waals surface area contributed by atoms with E-state index in [1.54, 1.807) is 4.90 Å². The van der Waals surface area contributed by atoms with Crippen molar-refractivity contribution in [2.45, 2.75) is 12.0 Å². The van der Waals surface area contributed by atoms with Gasteiger partial charge in [-0.3, -0.25) is 4.79 Å². The monoisotopic (exact) mass is 294 g/mol. The molecule has 0 bridgehead atoms. The molecule has 6 heteroatoms. The Hall–Kier alpha value is -1.50. The molecule has 2 atom stereocenters. The SMILES string of the molecule is NC(=S)C(C(=O)N1CCOCC1CO)c1ccccc1. The number of nitrogens with two attached hydrogens (primary N) is 1. The normalized spacial score (nSPS) is 20.4. The van der Waals surface area contributed by atoms with E-state index in [-0.39, 0.29) is 23.5 Å². The largest absolute Gasteiger partial charge is 0.394 e. The lowest BCUT2D eigenvalue weighted by atomic mass is 9.96. The van der Waals surface area contributed by atoms with Crippen molar-refractivity contribution < 1.29 is 14.6 Å². The van der Waals surface area contributed by atoms with Crippen LogP contribution in [0.2, 0.25) is 0 Å². The number of amides is 1. The van der Waals surface area contributed by atoms with Crippen LogP contribution in [0.4, 0.5) is 0 Å². The second-order valence-corrected chi connectivity index (χ2v) is 5.16. The summed E-state index contributed by atoms with van der Waals surface area (Å²) in [5.74, 6) is -0.829. The van der Waals surface area contributed by atoms with Gasteiger partial charge in [-0.25, -0.2) is 0 Å². The van der Waals surface area contributed by atoms with E-state index in [0.29, 0.717) is 19.8 Å². The molecule has 0 saturated carbocycles. The molecule has 1 aromatic rings. The smallest absolute Gasteiger partial charge is 0.237 e. The molecule has 1 saturated heterocycles. The van der Waals surface area contributed by atoms with Crippen molar-refractivity contribution in [3.05, 3.63) is 35.9 Å². The minimum absolute atomic E-state index is 0.134. The number of thiocarbonyl (C=S) groups is 1. The molecule has 1 heterocycles.